The number of carbonyl (C=O) groups excluding carboxylic acids is 3. The van der Waals surface area contributed by atoms with Gasteiger partial charge in [0.15, 0.2) is 5.15 Å². The molecule has 5 aromatic rings. The molecule has 54 heavy (non-hydrogen) atoms. The minimum Gasteiger partial charge on any atom is -0.480 e. The number of nitrogens with one attached hydrogen (secondary N) is 4. The maximum Gasteiger partial charge on any atom is 0.326 e. The number of aromatic amines is 1. The molecule has 0 fully saturated rings. The second kappa shape index (κ2) is 19.2. The number of hydrogen-bond donors (Lipinski definition) is 6. The molecule has 0 aliphatic carbocycles. The van der Waals surface area contributed by atoms with Gasteiger partial charge in [-0.2, -0.15) is 5.21 Å². The molecule has 3 aromatic carbocycles. The Bertz CT molecular complexity index is 2020. The summed E-state index contributed by atoms with van der Waals surface area (Å²) in [6.07, 6.45) is 3.18. The number of unbranched alkanes of at least 4 members (excludes halogenated alkanes) is 2. The van der Waals surface area contributed by atoms with E-state index in [1.54, 1.807) is 30.3 Å². The summed E-state index contributed by atoms with van der Waals surface area (Å²) in [5.41, 5.74) is 6.06. The Morgan fingerprint density at radius 3 is 2.28 bits per heavy atom. The molecule has 282 valence electrons. The number of nitrogens with zero attached hydrogens (tertiary/aromatic N) is 5. The minimum absolute atomic E-state index is 0.0286. The summed E-state index contributed by atoms with van der Waals surface area (Å²) in [4.78, 5) is 55.3. The highest BCUT2D eigenvalue weighted by Crippen LogP contribution is 2.30. The standard InChI is InChI=1S/C38H42ClN9O6/c1-2-3-16-31-42-33(39)32(48(31)23-25-17-19-26(20-18-25)27-13-7-8-14-28(27)34-43-46-47-44-34)37(51)40-21-10-9-15-30(38(52)53)41-35(49)29(36(50)45-54)22-24-11-5-4-6-12-24/h4-8,11-14,17-20,29-30,54H,2-3,9-10,15-16,21-23H2,1H3,(H,40,51)(H,41,49)(H,45,50)(H,52,53)(H,43,44,46,47)/t29?,30-/m0/s1. The monoisotopic (exact) mass is 755 g/mol. The fourth-order valence-electron chi connectivity index (χ4n) is 6.08. The molecule has 15 nitrogen and oxygen atoms in total. The number of carboxylic acid groups (broad SMARTS) is 1. The number of tetrazole rings is 1. The van der Waals surface area contributed by atoms with Crippen LogP contribution in [0, 0.1) is 5.92 Å². The number of imidazole rings is 1. The number of carbonyl (C=O) groups is 4. The number of aliphatic carboxylic acids is 1. The van der Waals surface area contributed by atoms with Gasteiger partial charge in [-0.3, -0.25) is 19.6 Å². The quantitative estimate of drug-likeness (QED) is 0.0298. The van der Waals surface area contributed by atoms with Gasteiger partial charge < -0.3 is 20.3 Å². The van der Waals surface area contributed by atoms with E-state index in [1.165, 1.54) is 5.48 Å². The van der Waals surface area contributed by atoms with Crippen LogP contribution in [0.5, 0.6) is 0 Å². The van der Waals surface area contributed by atoms with E-state index >= 15 is 0 Å². The topological polar surface area (TPSA) is 217 Å². The van der Waals surface area contributed by atoms with Crippen molar-refractivity contribution in [3.8, 4) is 22.5 Å². The van der Waals surface area contributed by atoms with Crippen LogP contribution in [0.15, 0.2) is 78.9 Å². The van der Waals surface area contributed by atoms with Crippen LogP contribution < -0.4 is 16.1 Å². The van der Waals surface area contributed by atoms with Gasteiger partial charge in [0, 0.05) is 25.1 Å². The second-order valence-electron chi connectivity index (χ2n) is 12.7. The van der Waals surface area contributed by atoms with Crippen LogP contribution in [0.2, 0.25) is 5.15 Å². The van der Waals surface area contributed by atoms with E-state index in [9.17, 15) is 29.5 Å². The normalized spacial score (nSPS) is 12.1. The van der Waals surface area contributed by atoms with E-state index in [0.717, 1.165) is 35.1 Å². The Morgan fingerprint density at radius 1 is 0.889 bits per heavy atom. The van der Waals surface area contributed by atoms with Gasteiger partial charge in [-0.15, -0.1) is 10.2 Å². The molecule has 0 aliphatic rings. The molecule has 16 heteroatoms. The largest absolute Gasteiger partial charge is 0.480 e. The maximum atomic E-state index is 13.5. The molecule has 2 aromatic heterocycles. The number of rotatable bonds is 19. The summed E-state index contributed by atoms with van der Waals surface area (Å²) in [6.45, 7) is 2.64. The zero-order chi connectivity index (χ0) is 38.5. The molecule has 3 amide bonds. The molecule has 0 bridgehead atoms. The van der Waals surface area contributed by atoms with Crippen molar-refractivity contribution in [1.29, 1.82) is 0 Å². The fraction of sp³-hybridized carbons (Fsp3) is 0.316. The zero-order valence-corrected chi connectivity index (χ0v) is 30.4. The van der Waals surface area contributed by atoms with Crippen molar-refractivity contribution in [2.45, 2.75) is 64.5 Å². The van der Waals surface area contributed by atoms with Gasteiger partial charge in [0.25, 0.3) is 11.8 Å². The first-order valence-corrected chi connectivity index (χ1v) is 18.0. The number of halogens is 1. The fourth-order valence-corrected chi connectivity index (χ4v) is 6.36. The highest BCUT2D eigenvalue weighted by Gasteiger charge is 2.30. The average Bonchev–Trinajstić information content (AvgIpc) is 3.83. The smallest absolute Gasteiger partial charge is 0.326 e. The van der Waals surface area contributed by atoms with E-state index in [-0.39, 0.29) is 30.2 Å². The van der Waals surface area contributed by atoms with Crippen molar-refractivity contribution in [2.24, 2.45) is 5.92 Å². The van der Waals surface area contributed by atoms with Crippen LogP contribution >= 0.6 is 11.6 Å². The van der Waals surface area contributed by atoms with E-state index < -0.39 is 35.7 Å². The predicted octanol–water partition coefficient (Wildman–Crippen LogP) is 4.61. The summed E-state index contributed by atoms with van der Waals surface area (Å²) in [6, 6.07) is 23.2. The second-order valence-corrected chi connectivity index (χ2v) is 13.1. The van der Waals surface area contributed by atoms with E-state index in [1.807, 2.05) is 53.1 Å². The molecular formula is C38H42ClN9O6. The lowest BCUT2D eigenvalue weighted by atomic mass is 9.97. The molecule has 0 saturated carbocycles. The number of benzene rings is 3. The lowest BCUT2D eigenvalue weighted by Crippen LogP contribution is -2.48. The van der Waals surface area contributed by atoms with Crippen LogP contribution in [0.25, 0.3) is 22.5 Å². The third kappa shape index (κ3) is 10.1. The molecule has 0 spiro atoms. The Balaban J connectivity index is 1.20. The van der Waals surface area contributed by atoms with Crippen LogP contribution in [-0.4, -0.2) is 76.8 Å². The average molecular weight is 756 g/mol. The van der Waals surface area contributed by atoms with E-state index in [2.05, 4.69) is 43.2 Å². The lowest BCUT2D eigenvalue weighted by molar-refractivity contribution is -0.146. The lowest BCUT2D eigenvalue weighted by Gasteiger charge is -2.19. The first-order valence-electron chi connectivity index (χ1n) is 17.7. The van der Waals surface area contributed by atoms with Crippen molar-refractivity contribution < 1.29 is 29.5 Å². The van der Waals surface area contributed by atoms with Crippen molar-refractivity contribution in [1.82, 2.24) is 46.3 Å². The molecular weight excluding hydrogens is 714 g/mol. The van der Waals surface area contributed by atoms with E-state index in [0.29, 0.717) is 43.0 Å². The number of aromatic nitrogens is 6. The Kier molecular flexibility index (Phi) is 14.0. The van der Waals surface area contributed by atoms with Gasteiger partial charge in [-0.25, -0.2) is 15.3 Å². The van der Waals surface area contributed by atoms with Gasteiger partial charge >= 0.3 is 5.97 Å². The molecule has 5 rings (SSSR count). The number of amides is 3. The third-order valence-electron chi connectivity index (χ3n) is 8.94. The number of aryl methyl sites for hydroxylation is 1. The molecule has 0 saturated heterocycles. The van der Waals surface area contributed by atoms with Crippen LogP contribution in [-0.2, 0) is 33.8 Å². The number of hydrogen-bond acceptors (Lipinski definition) is 9. The van der Waals surface area contributed by atoms with Crippen LogP contribution in [0.4, 0.5) is 0 Å². The predicted molar refractivity (Wildman–Crippen MR) is 199 cm³/mol. The zero-order valence-electron chi connectivity index (χ0n) is 29.7. The van der Waals surface area contributed by atoms with Crippen LogP contribution in [0.1, 0.15) is 66.5 Å². The number of carboxylic acids is 1. The molecule has 2 atom stereocenters. The van der Waals surface area contributed by atoms with Crippen molar-refractivity contribution in [3.63, 3.8) is 0 Å². The van der Waals surface area contributed by atoms with Crippen molar-refractivity contribution >= 4 is 35.3 Å². The summed E-state index contributed by atoms with van der Waals surface area (Å²) in [5.74, 6) is -3.61. The van der Waals surface area contributed by atoms with Gasteiger partial charge in [0.05, 0.1) is 0 Å². The first kappa shape index (κ1) is 39.3. The Labute approximate surface area is 316 Å². The molecule has 6 N–H and O–H groups in total. The molecule has 2 heterocycles. The maximum absolute atomic E-state index is 13.5. The van der Waals surface area contributed by atoms with Gasteiger partial charge in [0.2, 0.25) is 11.7 Å². The summed E-state index contributed by atoms with van der Waals surface area (Å²) in [5, 5.41) is 38.8. The van der Waals surface area contributed by atoms with Crippen molar-refractivity contribution in [3.05, 3.63) is 107 Å². The molecule has 0 aliphatic heterocycles. The van der Waals surface area contributed by atoms with Gasteiger partial charge in [-0.05, 0) is 59.6 Å². The highest BCUT2D eigenvalue weighted by atomic mass is 35.5. The minimum atomic E-state index is -1.34. The SMILES string of the molecule is CCCCc1nc(Cl)c(C(=O)NCCCC[C@H](NC(=O)C(Cc2ccccc2)C(=O)NO)C(=O)O)n1Cc1ccc(-c2ccccc2-c2nn[nH]n2)cc1. The van der Waals surface area contributed by atoms with Gasteiger partial charge in [0.1, 0.15) is 23.5 Å². The molecule has 0 radical (unpaired) electrons. The first-order chi connectivity index (χ1) is 26.2. The van der Waals surface area contributed by atoms with Crippen LogP contribution in [0.3, 0.4) is 0 Å². The summed E-state index contributed by atoms with van der Waals surface area (Å²) < 4.78 is 1.83. The number of hydroxylamine groups is 1. The van der Waals surface area contributed by atoms with Crippen molar-refractivity contribution in [2.75, 3.05) is 6.54 Å². The Morgan fingerprint density at radius 2 is 1.61 bits per heavy atom. The number of H-pyrrole nitrogens is 1. The van der Waals surface area contributed by atoms with E-state index in [4.69, 9.17) is 11.6 Å². The third-order valence-corrected chi connectivity index (χ3v) is 9.20. The molecule has 1 unspecified atom stereocenters. The summed E-state index contributed by atoms with van der Waals surface area (Å²) >= 11 is 6.57. The highest BCUT2D eigenvalue weighted by molar-refractivity contribution is 6.32. The Hall–Kier alpha value is -5.93. The summed E-state index contributed by atoms with van der Waals surface area (Å²) in [7, 11) is 0. The van der Waals surface area contributed by atoms with Gasteiger partial charge in [-0.1, -0.05) is 104 Å².